The molecule has 0 unspecified atom stereocenters. The second-order valence-electron chi connectivity index (χ2n) is 4.42. The van der Waals surface area contributed by atoms with Gasteiger partial charge in [0.1, 0.15) is 11.3 Å². The van der Waals surface area contributed by atoms with Crippen molar-refractivity contribution < 1.29 is 18.8 Å². The molecule has 0 N–H and O–H groups in total. The fourth-order valence-electron chi connectivity index (χ4n) is 1.84. The lowest BCUT2D eigenvalue weighted by Crippen LogP contribution is -2.15. The maximum absolute atomic E-state index is 12.0. The molecule has 1 aromatic carbocycles. The molecule has 110 valence electrons. The van der Waals surface area contributed by atoms with Gasteiger partial charge in [0.15, 0.2) is 12.4 Å². The van der Waals surface area contributed by atoms with E-state index in [0.717, 1.165) is 4.47 Å². The summed E-state index contributed by atoms with van der Waals surface area (Å²) < 4.78 is 10.9. The number of hydrogen-bond donors (Lipinski definition) is 0. The lowest BCUT2D eigenvalue weighted by molar-refractivity contribution is 0.0472. The molecule has 6 heteroatoms. The van der Waals surface area contributed by atoms with Crippen molar-refractivity contribution in [2.75, 3.05) is 6.61 Å². The number of ketones is 1. The van der Waals surface area contributed by atoms with Gasteiger partial charge in [-0.1, -0.05) is 40.1 Å². The van der Waals surface area contributed by atoms with Crippen LogP contribution in [0.4, 0.5) is 0 Å². The quantitative estimate of drug-likeness (QED) is 0.610. The van der Waals surface area contributed by atoms with Crippen LogP contribution >= 0.6 is 15.9 Å². The Balaban J connectivity index is 2.02. The minimum absolute atomic E-state index is 0.261. The third kappa shape index (κ3) is 3.58. The van der Waals surface area contributed by atoms with Gasteiger partial charge in [0.05, 0.1) is 5.69 Å². The highest BCUT2D eigenvalue weighted by molar-refractivity contribution is 9.10. The molecule has 0 radical (unpaired) electrons. The first-order chi connectivity index (χ1) is 10.0. The molecule has 5 nitrogen and oxygen atoms in total. The molecule has 2 rings (SSSR count). The Morgan fingerprint density at radius 2 is 1.95 bits per heavy atom. The van der Waals surface area contributed by atoms with Crippen molar-refractivity contribution in [3.8, 4) is 0 Å². The molecule has 0 bridgehead atoms. The molecule has 0 saturated heterocycles. The van der Waals surface area contributed by atoms with Crippen molar-refractivity contribution >= 4 is 27.7 Å². The Labute approximate surface area is 130 Å². The summed E-state index contributed by atoms with van der Waals surface area (Å²) in [4.78, 5) is 24.0. The molecule has 0 aliphatic rings. The van der Waals surface area contributed by atoms with E-state index in [1.54, 1.807) is 31.2 Å². The van der Waals surface area contributed by atoms with E-state index < -0.39 is 5.97 Å². The third-order valence-corrected chi connectivity index (χ3v) is 3.50. The van der Waals surface area contributed by atoms with Gasteiger partial charge >= 0.3 is 5.97 Å². The number of ether oxygens (including phenoxy) is 1. The van der Waals surface area contributed by atoms with Gasteiger partial charge in [-0.05, 0) is 25.5 Å². The number of nitrogens with zero attached hydrogens (tertiary/aromatic N) is 1. The van der Waals surface area contributed by atoms with Crippen LogP contribution in [0.5, 0.6) is 0 Å². The average molecular weight is 352 g/mol. The molecular formula is C15H14BrNO4. The van der Waals surface area contributed by atoms with E-state index in [0.29, 0.717) is 29.0 Å². The van der Waals surface area contributed by atoms with E-state index in [1.165, 1.54) is 0 Å². The van der Waals surface area contributed by atoms with Gasteiger partial charge in [-0.25, -0.2) is 4.79 Å². The topological polar surface area (TPSA) is 69.4 Å². The summed E-state index contributed by atoms with van der Waals surface area (Å²) in [5.41, 5.74) is 1.33. The smallest absolute Gasteiger partial charge is 0.344 e. The molecule has 0 spiro atoms. The van der Waals surface area contributed by atoms with E-state index in [2.05, 4.69) is 21.1 Å². The molecule has 2 aromatic rings. The van der Waals surface area contributed by atoms with Crippen LogP contribution in [0, 0.1) is 6.92 Å². The first-order valence-electron chi connectivity index (χ1n) is 6.44. The number of Topliss-reactive ketones (excluding diaryl/α,β-unsaturated/α-hetero) is 1. The lowest BCUT2D eigenvalue weighted by Gasteiger charge is -2.04. The van der Waals surface area contributed by atoms with E-state index in [1.807, 2.05) is 6.92 Å². The van der Waals surface area contributed by atoms with Gasteiger partial charge in [-0.3, -0.25) is 4.79 Å². The number of halogens is 1. The van der Waals surface area contributed by atoms with Crippen molar-refractivity contribution in [2.24, 2.45) is 0 Å². The van der Waals surface area contributed by atoms with Gasteiger partial charge in [0.25, 0.3) is 0 Å². The van der Waals surface area contributed by atoms with Crippen LogP contribution in [0.2, 0.25) is 0 Å². The Morgan fingerprint density at radius 3 is 2.57 bits per heavy atom. The minimum atomic E-state index is -0.587. The van der Waals surface area contributed by atoms with Crippen LogP contribution in [0.15, 0.2) is 33.3 Å². The average Bonchev–Trinajstić information content (AvgIpc) is 2.86. The highest BCUT2D eigenvalue weighted by atomic mass is 79.9. The zero-order chi connectivity index (χ0) is 15.4. The maximum atomic E-state index is 12.0. The molecule has 21 heavy (non-hydrogen) atoms. The molecule has 0 amide bonds. The van der Waals surface area contributed by atoms with Crippen LogP contribution in [0.1, 0.15) is 39.1 Å². The first kappa shape index (κ1) is 15.4. The van der Waals surface area contributed by atoms with E-state index >= 15 is 0 Å². The van der Waals surface area contributed by atoms with Gasteiger partial charge in [-0.2, -0.15) is 0 Å². The van der Waals surface area contributed by atoms with Crippen LogP contribution in [0.25, 0.3) is 0 Å². The summed E-state index contributed by atoms with van der Waals surface area (Å²) in [7, 11) is 0. The zero-order valence-electron chi connectivity index (χ0n) is 11.7. The highest BCUT2D eigenvalue weighted by Crippen LogP contribution is 2.16. The Hall–Kier alpha value is -1.95. The minimum Gasteiger partial charge on any atom is -0.454 e. The second-order valence-corrected chi connectivity index (χ2v) is 5.34. The van der Waals surface area contributed by atoms with E-state index in [-0.39, 0.29) is 12.4 Å². The van der Waals surface area contributed by atoms with Gasteiger partial charge in [0.2, 0.25) is 0 Å². The van der Waals surface area contributed by atoms with Crippen molar-refractivity contribution in [3.63, 3.8) is 0 Å². The Morgan fingerprint density at radius 1 is 1.29 bits per heavy atom. The number of aryl methyl sites for hydroxylation is 2. The molecule has 0 fully saturated rings. The summed E-state index contributed by atoms with van der Waals surface area (Å²) in [5.74, 6) is -0.452. The second kappa shape index (κ2) is 6.67. The molecule has 0 aliphatic carbocycles. The normalized spacial score (nSPS) is 10.4. The highest BCUT2D eigenvalue weighted by Gasteiger charge is 2.21. The summed E-state index contributed by atoms with van der Waals surface area (Å²) in [5, 5.41) is 3.78. The Kier molecular flexibility index (Phi) is 4.90. The van der Waals surface area contributed by atoms with Gasteiger partial charge in [0, 0.05) is 10.0 Å². The number of esters is 1. The zero-order valence-corrected chi connectivity index (χ0v) is 13.3. The van der Waals surface area contributed by atoms with Crippen LogP contribution < -0.4 is 0 Å². The van der Waals surface area contributed by atoms with E-state index in [9.17, 15) is 9.59 Å². The number of carbonyl (C=O) groups is 2. The molecule has 1 heterocycles. The number of hydrogen-bond acceptors (Lipinski definition) is 5. The number of carbonyl (C=O) groups excluding carboxylic acids is 2. The van der Waals surface area contributed by atoms with Crippen molar-refractivity contribution in [3.05, 3.63) is 51.3 Å². The molecular weight excluding hydrogens is 338 g/mol. The summed E-state index contributed by atoms with van der Waals surface area (Å²) in [6.07, 6.45) is 0.558. The number of aromatic nitrogens is 1. The first-order valence-corrected chi connectivity index (χ1v) is 7.23. The van der Waals surface area contributed by atoms with Crippen molar-refractivity contribution in [2.45, 2.75) is 20.3 Å². The van der Waals surface area contributed by atoms with Crippen LogP contribution in [0.3, 0.4) is 0 Å². The summed E-state index contributed by atoms with van der Waals surface area (Å²) in [6.45, 7) is 3.19. The van der Waals surface area contributed by atoms with Gasteiger partial charge in [-0.15, -0.1) is 0 Å². The van der Waals surface area contributed by atoms with E-state index in [4.69, 9.17) is 9.26 Å². The molecule has 0 aliphatic heterocycles. The fourth-order valence-corrected chi connectivity index (χ4v) is 2.11. The predicted octanol–water partition coefficient (Wildman–Crippen LogP) is 3.35. The monoisotopic (exact) mass is 351 g/mol. The summed E-state index contributed by atoms with van der Waals surface area (Å²) >= 11 is 3.29. The molecule has 1 aromatic heterocycles. The SMILES string of the molecule is CCc1noc(C)c1C(=O)OCC(=O)c1ccc(Br)cc1. The maximum Gasteiger partial charge on any atom is 0.344 e. The molecule has 0 saturated carbocycles. The number of rotatable bonds is 5. The van der Waals surface area contributed by atoms with Gasteiger partial charge < -0.3 is 9.26 Å². The number of benzene rings is 1. The largest absolute Gasteiger partial charge is 0.454 e. The third-order valence-electron chi connectivity index (χ3n) is 2.97. The fraction of sp³-hybridized carbons (Fsp3) is 0.267. The van der Waals surface area contributed by atoms with Crippen LogP contribution in [-0.2, 0) is 11.2 Å². The summed E-state index contributed by atoms with van der Waals surface area (Å²) in [6, 6.07) is 6.85. The van der Waals surface area contributed by atoms with Crippen LogP contribution in [-0.4, -0.2) is 23.5 Å². The van der Waals surface area contributed by atoms with Crippen molar-refractivity contribution in [1.82, 2.24) is 5.16 Å². The molecule has 0 atom stereocenters. The standard InChI is InChI=1S/C15H14BrNO4/c1-3-12-14(9(2)21-17-12)15(19)20-8-13(18)10-4-6-11(16)7-5-10/h4-7H,3,8H2,1-2H3. The van der Waals surface area contributed by atoms with Crippen molar-refractivity contribution in [1.29, 1.82) is 0 Å². The lowest BCUT2D eigenvalue weighted by atomic mass is 10.1. The Bertz CT molecular complexity index is 661. The predicted molar refractivity (Wildman–Crippen MR) is 79.4 cm³/mol.